The molecule has 1 unspecified atom stereocenters. The van der Waals surface area contributed by atoms with Crippen LogP contribution < -0.4 is 5.73 Å². The zero-order valence-electron chi connectivity index (χ0n) is 11.2. The topological polar surface area (TPSA) is 81.2 Å². The monoisotopic (exact) mass is 274 g/mol. The SMILES string of the molecule is CCC(C)N(CC)S(=O)(=O)c1cnn(CCN)c1. The van der Waals surface area contributed by atoms with Crippen LogP contribution in [-0.2, 0) is 16.6 Å². The third-order valence-corrected chi connectivity index (χ3v) is 5.01. The van der Waals surface area contributed by atoms with E-state index in [1.807, 2.05) is 20.8 Å². The maximum atomic E-state index is 12.4. The molecule has 104 valence electrons. The molecule has 0 fully saturated rings. The second-order valence-electron chi connectivity index (χ2n) is 4.19. The zero-order chi connectivity index (χ0) is 13.8. The maximum Gasteiger partial charge on any atom is 0.246 e. The molecule has 2 N–H and O–H groups in total. The molecule has 0 aliphatic heterocycles. The smallest absolute Gasteiger partial charge is 0.246 e. The molecule has 0 saturated heterocycles. The maximum absolute atomic E-state index is 12.4. The predicted molar refractivity (Wildman–Crippen MR) is 70.6 cm³/mol. The lowest BCUT2D eigenvalue weighted by Crippen LogP contribution is -2.37. The predicted octanol–water partition coefficient (Wildman–Crippen LogP) is 0.651. The Kier molecular flexibility index (Phi) is 5.30. The van der Waals surface area contributed by atoms with Crippen molar-refractivity contribution in [2.75, 3.05) is 13.1 Å². The van der Waals surface area contributed by atoms with Crippen LogP contribution in [0, 0.1) is 0 Å². The number of nitrogens with two attached hydrogens (primary N) is 1. The van der Waals surface area contributed by atoms with E-state index in [1.54, 1.807) is 4.68 Å². The molecule has 1 atom stereocenters. The second kappa shape index (κ2) is 6.31. The molecule has 6 nitrogen and oxygen atoms in total. The van der Waals surface area contributed by atoms with Gasteiger partial charge in [0, 0.05) is 25.3 Å². The van der Waals surface area contributed by atoms with Crippen molar-refractivity contribution >= 4 is 10.0 Å². The molecule has 0 radical (unpaired) electrons. The van der Waals surface area contributed by atoms with Crippen LogP contribution >= 0.6 is 0 Å². The standard InChI is InChI=1S/C11H22N4O2S/c1-4-10(3)15(5-2)18(16,17)11-8-13-14(9-11)7-6-12/h8-10H,4-7,12H2,1-3H3. The van der Waals surface area contributed by atoms with E-state index in [-0.39, 0.29) is 10.9 Å². The molecule has 1 aromatic heterocycles. The first-order valence-corrected chi connectivity index (χ1v) is 7.65. The van der Waals surface area contributed by atoms with Crippen LogP contribution in [0.2, 0.25) is 0 Å². The fraction of sp³-hybridized carbons (Fsp3) is 0.727. The van der Waals surface area contributed by atoms with Crippen LogP contribution in [-0.4, -0.2) is 41.6 Å². The van der Waals surface area contributed by atoms with Crippen LogP contribution in [0.4, 0.5) is 0 Å². The first-order valence-electron chi connectivity index (χ1n) is 6.21. The van der Waals surface area contributed by atoms with Gasteiger partial charge in [-0.25, -0.2) is 8.42 Å². The van der Waals surface area contributed by atoms with Gasteiger partial charge in [-0.05, 0) is 13.3 Å². The first-order chi connectivity index (χ1) is 8.47. The van der Waals surface area contributed by atoms with Gasteiger partial charge in [-0.2, -0.15) is 9.40 Å². The highest BCUT2D eigenvalue weighted by atomic mass is 32.2. The average Bonchev–Trinajstić information content (AvgIpc) is 2.79. The highest BCUT2D eigenvalue weighted by Gasteiger charge is 2.27. The van der Waals surface area contributed by atoms with E-state index < -0.39 is 10.0 Å². The van der Waals surface area contributed by atoms with Crippen molar-refractivity contribution in [2.45, 2.75) is 44.7 Å². The fourth-order valence-corrected chi connectivity index (χ4v) is 3.46. The quantitative estimate of drug-likeness (QED) is 0.791. The molecule has 0 aliphatic carbocycles. The van der Waals surface area contributed by atoms with E-state index in [1.165, 1.54) is 16.7 Å². The number of nitrogens with zero attached hydrogens (tertiary/aromatic N) is 3. The van der Waals surface area contributed by atoms with Crippen LogP contribution in [0.3, 0.4) is 0 Å². The fourth-order valence-electron chi connectivity index (χ4n) is 1.79. The summed E-state index contributed by atoms with van der Waals surface area (Å²) in [6.07, 6.45) is 3.70. The third-order valence-electron chi connectivity index (χ3n) is 2.97. The van der Waals surface area contributed by atoms with Crippen molar-refractivity contribution in [2.24, 2.45) is 5.73 Å². The van der Waals surface area contributed by atoms with Gasteiger partial charge in [0.2, 0.25) is 10.0 Å². The lowest BCUT2D eigenvalue weighted by molar-refractivity contribution is 0.342. The van der Waals surface area contributed by atoms with Crippen LogP contribution in [0.1, 0.15) is 27.2 Å². The van der Waals surface area contributed by atoms with Crippen molar-refractivity contribution in [3.63, 3.8) is 0 Å². The normalized spacial score (nSPS) is 14.1. The molecule has 1 aromatic rings. The molecule has 1 heterocycles. The molecular weight excluding hydrogens is 252 g/mol. The van der Waals surface area contributed by atoms with E-state index in [2.05, 4.69) is 5.10 Å². The highest BCUT2D eigenvalue weighted by Crippen LogP contribution is 2.18. The summed E-state index contributed by atoms with van der Waals surface area (Å²) in [5.41, 5.74) is 5.41. The summed E-state index contributed by atoms with van der Waals surface area (Å²) in [6, 6.07) is -0.0159. The van der Waals surface area contributed by atoms with Crippen LogP contribution in [0.25, 0.3) is 0 Å². The van der Waals surface area contributed by atoms with Gasteiger partial charge in [-0.15, -0.1) is 0 Å². The van der Waals surface area contributed by atoms with Crippen molar-refractivity contribution in [1.29, 1.82) is 0 Å². The second-order valence-corrected chi connectivity index (χ2v) is 6.08. The summed E-state index contributed by atoms with van der Waals surface area (Å²) < 4.78 is 27.9. The van der Waals surface area contributed by atoms with Gasteiger partial charge in [0.25, 0.3) is 0 Å². The summed E-state index contributed by atoms with van der Waals surface area (Å²) in [5, 5.41) is 4.00. The Morgan fingerprint density at radius 3 is 2.67 bits per heavy atom. The van der Waals surface area contributed by atoms with E-state index in [9.17, 15) is 8.42 Å². The molecule has 1 rings (SSSR count). The van der Waals surface area contributed by atoms with Crippen LogP contribution in [0.5, 0.6) is 0 Å². The van der Waals surface area contributed by atoms with Crippen LogP contribution in [0.15, 0.2) is 17.3 Å². The Bertz CT molecular complexity index is 469. The van der Waals surface area contributed by atoms with E-state index in [0.717, 1.165) is 6.42 Å². The van der Waals surface area contributed by atoms with Gasteiger partial charge < -0.3 is 5.73 Å². The Hall–Kier alpha value is -0.920. The third kappa shape index (κ3) is 3.09. The first kappa shape index (κ1) is 15.1. The van der Waals surface area contributed by atoms with Crippen molar-refractivity contribution in [1.82, 2.24) is 14.1 Å². The van der Waals surface area contributed by atoms with Gasteiger partial charge in [0.05, 0.1) is 12.7 Å². The molecule has 0 saturated carbocycles. The average molecular weight is 274 g/mol. The summed E-state index contributed by atoms with van der Waals surface area (Å²) in [6.45, 7) is 7.13. The van der Waals surface area contributed by atoms with E-state index in [4.69, 9.17) is 5.73 Å². The number of sulfonamides is 1. The molecule has 0 bridgehead atoms. The minimum atomic E-state index is -3.45. The molecule has 7 heteroatoms. The Morgan fingerprint density at radius 2 is 2.17 bits per heavy atom. The summed E-state index contributed by atoms with van der Waals surface area (Å²) in [4.78, 5) is 0.234. The van der Waals surface area contributed by atoms with Crippen molar-refractivity contribution in [3.8, 4) is 0 Å². The van der Waals surface area contributed by atoms with Gasteiger partial charge in [-0.1, -0.05) is 13.8 Å². The van der Waals surface area contributed by atoms with Gasteiger partial charge in [-0.3, -0.25) is 4.68 Å². The van der Waals surface area contributed by atoms with Crippen molar-refractivity contribution < 1.29 is 8.42 Å². The number of rotatable bonds is 7. The number of hydrogen-bond donors (Lipinski definition) is 1. The summed E-state index contributed by atoms with van der Waals surface area (Å²) >= 11 is 0. The lowest BCUT2D eigenvalue weighted by atomic mass is 10.3. The van der Waals surface area contributed by atoms with Gasteiger partial charge in [0.1, 0.15) is 4.90 Å². The largest absolute Gasteiger partial charge is 0.329 e. The van der Waals surface area contributed by atoms with E-state index in [0.29, 0.717) is 19.6 Å². The lowest BCUT2D eigenvalue weighted by Gasteiger charge is -2.25. The van der Waals surface area contributed by atoms with E-state index >= 15 is 0 Å². The molecule has 18 heavy (non-hydrogen) atoms. The minimum Gasteiger partial charge on any atom is -0.329 e. The molecule has 0 spiro atoms. The molecule has 0 aromatic carbocycles. The molecule has 0 aliphatic rings. The Morgan fingerprint density at radius 1 is 1.50 bits per heavy atom. The number of hydrogen-bond acceptors (Lipinski definition) is 4. The van der Waals surface area contributed by atoms with Gasteiger partial charge in [0.15, 0.2) is 0 Å². The number of aromatic nitrogens is 2. The molecular formula is C11H22N4O2S. The Labute approximate surface area is 109 Å². The molecule has 0 amide bonds. The summed E-state index contributed by atoms with van der Waals surface area (Å²) in [5.74, 6) is 0. The highest BCUT2D eigenvalue weighted by molar-refractivity contribution is 7.89. The van der Waals surface area contributed by atoms with Gasteiger partial charge >= 0.3 is 0 Å². The minimum absolute atomic E-state index is 0.0159. The zero-order valence-corrected chi connectivity index (χ0v) is 12.0. The van der Waals surface area contributed by atoms with Crippen molar-refractivity contribution in [3.05, 3.63) is 12.4 Å². The summed E-state index contributed by atoms with van der Waals surface area (Å²) in [7, 11) is -3.45. The Balaban J connectivity index is 3.03.